The molecule has 4 nitrogen and oxygen atoms in total. The highest BCUT2D eigenvalue weighted by Crippen LogP contribution is 2.34. The molecule has 1 heterocycles. The van der Waals surface area contributed by atoms with Crippen LogP contribution in [0.15, 0.2) is 30.3 Å². The lowest BCUT2D eigenvalue weighted by molar-refractivity contribution is -0.119. The average Bonchev–Trinajstić information content (AvgIpc) is 2.67. The Balaban J connectivity index is 1.88. The summed E-state index contributed by atoms with van der Waals surface area (Å²) in [7, 11) is 1.63. The molecular weight excluding hydrogens is 348 g/mol. The van der Waals surface area contributed by atoms with Crippen molar-refractivity contribution in [1.82, 2.24) is 10.2 Å². The second kappa shape index (κ2) is 8.57. The Hall–Kier alpha value is -1.33. The fourth-order valence-corrected chi connectivity index (χ4v) is 4.13. The van der Waals surface area contributed by atoms with Gasteiger partial charge in [-0.05, 0) is 29.9 Å². The van der Waals surface area contributed by atoms with E-state index in [-0.39, 0.29) is 0 Å². The topological polar surface area (TPSA) is 44.7 Å². The lowest BCUT2D eigenvalue weighted by Gasteiger charge is -2.42. The zero-order valence-corrected chi connectivity index (χ0v) is 16.5. The fraction of sp³-hybridized carbons (Fsp3) is 0.524. The van der Waals surface area contributed by atoms with E-state index < -0.39 is 5.72 Å². The van der Waals surface area contributed by atoms with Crippen molar-refractivity contribution in [3.63, 3.8) is 0 Å². The van der Waals surface area contributed by atoms with Crippen molar-refractivity contribution in [3.8, 4) is 5.75 Å². The van der Waals surface area contributed by atoms with Crippen LogP contribution in [0.3, 0.4) is 0 Å². The largest absolute Gasteiger partial charge is 0.495 e. The standard InChI is InChI=1S/C21H29ClN2O2/c1-3-4-9-21(25,24-12-10-23-11-13-24)15-16-5-7-18-17(14-16)6-8-19(26-2)20(18)22/h5-8,14,23,25H,3-4,9-13,15H2,1-2H3. The highest BCUT2D eigenvalue weighted by atomic mass is 35.5. The van der Waals surface area contributed by atoms with Gasteiger partial charge in [-0.1, -0.05) is 49.2 Å². The van der Waals surface area contributed by atoms with E-state index >= 15 is 0 Å². The monoisotopic (exact) mass is 376 g/mol. The number of hydrogen-bond donors (Lipinski definition) is 2. The maximum absolute atomic E-state index is 11.5. The second-order valence-electron chi connectivity index (χ2n) is 7.14. The van der Waals surface area contributed by atoms with Crippen LogP contribution in [0.25, 0.3) is 10.8 Å². The van der Waals surface area contributed by atoms with Crippen LogP contribution in [0.1, 0.15) is 31.7 Å². The van der Waals surface area contributed by atoms with E-state index in [2.05, 4.69) is 29.3 Å². The predicted octanol–water partition coefficient (Wildman–Crippen LogP) is 3.83. The number of aliphatic hydroxyl groups is 1. The minimum atomic E-state index is -0.790. The van der Waals surface area contributed by atoms with Gasteiger partial charge in [-0.15, -0.1) is 0 Å². The molecule has 0 saturated carbocycles. The molecule has 1 aliphatic heterocycles. The van der Waals surface area contributed by atoms with E-state index in [1.165, 1.54) is 0 Å². The van der Waals surface area contributed by atoms with Gasteiger partial charge in [0.05, 0.1) is 12.1 Å². The number of benzene rings is 2. The summed E-state index contributed by atoms with van der Waals surface area (Å²) in [5.41, 5.74) is 0.345. The summed E-state index contributed by atoms with van der Waals surface area (Å²) in [6, 6.07) is 10.2. The molecule has 142 valence electrons. The first-order chi connectivity index (χ1) is 12.6. The first kappa shape index (κ1) is 19.4. The molecular formula is C21H29ClN2O2. The van der Waals surface area contributed by atoms with E-state index in [4.69, 9.17) is 16.3 Å². The van der Waals surface area contributed by atoms with Crippen LogP contribution in [-0.4, -0.2) is 49.0 Å². The number of unbranched alkanes of at least 4 members (excludes halogenated alkanes) is 1. The molecule has 5 heteroatoms. The zero-order valence-electron chi connectivity index (χ0n) is 15.7. The van der Waals surface area contributed by atoms with Gasteiger partial charge in [-0.2, -0.15) is 0 Å². The molecule has 0 radical (unpaired) electrons. The molecule has 0 spiro atoms. The quantitative estimate of drug-likeness (QED) is 0.770. The Kier molecular flexibility index (Phi) is 6.41. The third kappa shape index (κ3) is 4.15. The van der Waals surface area contributed by atoms with Crippen LogP contribution in [0, 0.1) is 0 Å². The normalized spacial score (nSPS) is 18.0. The number of rotatable bonds is 7. The van der Waals surface area contributed by atoms with E-state index in [1.54, 1.807) is 7.11 Å². The number of nitrogens with one attached hydrogen (secondary N) is 1. The fourth-order valence-electron chi connectivity index (χ4n) is 3.82. The Labute approximate surface area is 161 Å². The van der Waals surface area contributed by atoms with Gasteiger partial charge in [-0.3, -0.25) is 4.90 Å². The van der Waals surface area contributed by atoms with Crippen molar-refractivity contribution in [2.24, 2.45) is 0 Å². The zero-order chi connectivity index (χ0) is 18.6. The van der Waals surface area contributed by atoms with Crippen LogP contribution in [-0.2, 0) is 6.42 Å². The Bertz CT molecular complexity index is 746. The highest BCUT2D eigenvalue weighted by molar-refractivity contribution is 6.37. The molecule has 1 unspecified atom stereocenters. The van der Waals surface area contributed by atoms with Crippen LogP contribution < -0.4 is 10.1 Å². The summed E-state index contributed by atoms with van der Waals surface area (Å²) < 4.78 is 5.30. The molecule has 0 amide bonds. The molecule has 2 aromatic carbocycles. The molecule has 0 bridgehead atoms. The van der Waals surface area contributed by atoms with Crippen molar-refractivity contribution in [2.45, 2.75) is 38.3 Å². The van der Waals surface area contributed by atoms with Crippen molar-refractivity contribution < 1.29 is 9.84 Å². The van der Waals surface area contributed by atoms with E-state index in [9.17, 15) is 5.11 Å². The Morgan fingerprint density at radius 3 is 2.69 bits per heavy atom. The third-order valence-electron chi connectivity index (χ3n) is 5.33. The number of nitrogens with zero attached hydrogens (tertiary/aromatic N) is 1. The van der Waals surface area contributed by atoms with Crippen LogP contribution in [0.2, 0.25) is 5.02 Å². The SMILES string of the molecule is CCCCC(O)(Cc1ccc2c(Cl)c(OC)ccc2c1)N1CCNCC1. The summed E-state index contributed by atoms with van der Waals surface area (Å²) in [5.74, 6) is 0.687. The molecule has 1 fully saturated rings. The third-order valence-corrected chi connectivity index (χ3v) is 5.72. The average molecular weight is 377 g/mol. The summed E-state index contributed by atoms with van der Waals surface area (Å²) in [5, 5.41) is 17.5. The number of hydrogen-bond acceptors (Lipinski definition) is 4. The summed E-state index contributed by atoms with van der Waals surface area (Å²) in [6.07, 6.45) is 3.54. The number of halogens is 1. The number of piperazine rings is 1. The van der Waals surface area contributed by atoms with Gasteiger partial charge in [0.25, 0.3) is 0 Å². The minimum Gasteiger partial charge on any atom is -0.495 e. The molecule has 1 saturated heterocycles. The van der Waals surface area contributed by atoms with Crippen LogP contribution >= 0.6 is 11.6 Å². The molecule has 2 aromatic rings. The van der Waals surface area contributed by atoms with Crippen molar-refractivity contribution in [1.29, 1.82) is 0 Å². The first-order valence-electron chi connectivity index (χ1n) is 9.50. The maximum atomic E-state index is 11.5. The number of methoxy groups -OCH3 is 1. The second-order valence-corrected chi connectivity index (χ2v) is 7.52. The number of ether oxygens (including phenoxy) is 1. The van der Waals surface area contributed by atoms with Crippen LogP contribution in [0.5, 0.6) is 5.75 Å². The summed E-state index contributed by atoms with van der Waals surface area (Å²) in [6.45, 7) is 5.81. The van der Waals surface area contributed by atoms with Crippen LogP contribution in [0.4, 0.5) is 0 Å². The Morgan fingerprint density at radius 1 is 1.23 bits per heavy atom. The van der Waals surface area contributed by atoms with Gasteiger partial charge in [-0.25, -0.2) is 0 Å². The van der Waals surface area contributed by atoms with Gasteiger partial charge in [0.15, 0.2) is 0 Å². The van der Waals surface area contributed by atoms with Crippen molar-refractivity contribution >= 4 is 22.4 Å². The van der Waals surface area contributed by atoms with Gasteiger partial charge < -0.3 is 15.2 Å². The minimum absolute atomic E-state index is 0.632. The lowest BCUT2D eigenvalue weighted by atomic mass is 9.93. The molecule has 3 rings (SSSR count). The summed E-state index contributed by atoms with van der Waals surface area (Å²) in [4.78, 5) is 2.24. The number of fused-ring (bicyclic) bond motifs is 1. The first-order valence-corrected chi connectivity index (χ1v) is 9.88. The van der Waals surface area contributed by atoms with Crippen molar-refractivity contribution in [3.05, 3.63) is 40.9 Å². The molecule has 0 aliphatic carbocycles. The van der Waals surface area contributed by atoms with Gasteiger partial charge >= 0.3 is 0 Å². The smallest absolute Gasteiger partial charge is 0.138 e. The van der Waals surface area contributed by atoms with Gasteiger partial charge in [0.1, 0.15) is 11.5 Å². The molecule has 1 atom stereocenters. The maximum Gasteiger partial charge on any atom is 0.138 e. The Morgan fingerprint density at radius 2 is 2.00 bits per heavy atom. The van der Waals surface area contributed by atoms with Crippen molar-refractivity contribution in [2.75, 3.05) is 33.3 Å². The van der Waals surface area contributed by atoms with E-state index in [0.29, 0.717) is 17.2 Å². The molecule has 1 aliphatic rings. The van der Waals surface area contributed by atoms with Gasteiger partial charge in [0, 0.05) is 38.0 Å². The molecule has 26 heavy (non-hydrogen) atoms. The lowest BCUT2D eigenvalue weighted by Crippen LogP contribution is -2.57. The molecule has 0 aromatic heterocycles. The van der Waals surface area contributed by atoms with Gasteiger partial charge in [0.2, 0.25) is 0 Å². The highest BCUT2D eigenvalue weighted by Gasteiger charge is 2.34. The summed E-state index contributed by atoms with van der Waals surface area (Å²) >= 11 is 6.43. The van der Waals surface area contributed by atoms with E-state index in [0.717, 1.165) is 61.8 Å². The van der Waals surface area contributed by atoms with E-state index in [1.807, 2.05) is 18.2 Å². The molecule has 2 N–H and O–H groups in total. The predicted molar refractivity (Wildman–Crippen MR) is 108 cm³/mol.